The van der Waals surface area contributed by atoms with Crippen molar-refractivity contribution in [1.82, 2.24) is 10.4 Å². The number of pyridine rings is 1. The van der Waals surface area contributed by atoms with Crippen LogP contribution in [0.2, 0.25) is 0 Å². The number of aromatic nitrogens is 1. The van der Waals surface area contributed by atoms with E-state index in [1.807, 2.05) is 48.5 Å². The summed E-state index contributed by atoms with van der Waals surface area (Å²) in [6.07, 6.45) is 1.74. The Morgan fingerprint density at radius 2 is 1.56 bits per heavy atom. The lowest BCUT2D eigenvalue weighted by Crippen LogP contribution is -2.46. The molecular formula is C26H27N7O2S. The van der Waals surface area contributed by atoms with E-state index in [1.165, 1.54) is 5.69 Å². The maximum Gasteiger partial charge on any atom is 0.259 e. The van der Waals surface area contributed by atoms with Crippen LogP contribution in [0.15, 0.2) is 84.1 Å². The number of nitrogens with one attached hydrogen (secondary N) is 2. The predicted octanol–water partition coefficient (Wildman–Crippen LogP) is 2.99. The SMILES string of the molecule is O=C(CNc1ccc(N2CCN(c3ccccc3)CC2)nc1)NN=C1SC(=O)CN1c1ccccc1. The third kappa shape index (κ3) is 5.77. The zero-order valence-electron chi connectivity index (χ0n) is 19.7. The molecular weight excluding hydrogens is 474 g/mol. The van der Waals surface area contributed by atoms with Gasteiger partial charge < -0.3 is 20.0 Å². The molecule has 10 heteroatoms. The normalized spacial score (nSPS) is 16.9. The topological polar surface area (TPSA) is 93.2 Å². The summed E-state index contributed by atoms with van der Waals surface area (Å²) in [5.41, 5.74) is 5.39. The molecule has 2 aliphatic rings. The van der Waals surface area contributed by atoms with Crippen LogP contribution >= 0.6 is 11.8 Å². The fourth-order valence-corrected chi connectivity index (χ4v) is 4.89. The number of benzene rings is 2. The number of hydrazone groups is 1. The number of nitrogens with zero attached hydrogens (tertiary/aromatic N) is 5. The Labute approximate surface area is 214 Å². The van der Waals surface area contributed by atoms with Crippen LogP contribution in [0.3, 0.4) is 0 Å². The van der Waals surface area contributed by atoms with Crippen LogP contribution in [0.5, 0.6) is 0 Å². The quantitative estimate of drug-likeness (QED) is 0.478. The largest absolute Gasteiger partial charge is 0.375 e. The van der Waals surface area contributed by atoms with E-state index in [0.717, 1.165) is 55.1 Å². The molecule has 0 atom stereocenters. The Bertz CT molecular complexity index is 1210. The van der Waals surface area contributed by atoms with Crippen LogP contribution in [0.4, 0.5) is 22.9 Å². The van der Waals surface area contributed by atoms with E-state index in [4.69, 9.17) is 0 Å². The minimum absolute atomic E-state index is 0.0161. The number of carbonyl (C=O) groups is 2. The number of carbonyl (C=O) groups excluding carboxylic acids is 2. The van der Waals surface area contributed by atoms with Crippen LogP contribution in [-0.4, -0.2) is 60.4 Å². The molecule has 3 aromatic rings. The highest BCUT2D eigenvalue weighted by Gasteiger charge is 2.28. The minimum Gasteiger partial charge on any atom is -0.375 e. The van der Waals surface area contributed by atoms with E-state index >= 15 is 0 Å². The molecule has 3 heterocycles. The smallest absolute Gasteiger partial charge is 0.259 e. The van der Waals surface area contributed by atoms with Crippen molar-refractivity contribution in [3.8, 4) is 0 Å². The van der Waals surface area contributed by atoms with Crippen molar-refractivity contribution in [2.75, 3.05) is 59.3 Å². The number of hydrogen-bond acceptors (Lipinski definition) is 8. The second kappa shape index (κ2) is 11.1. The maximum absolute atomic E-state index is 12.3. The van der Waals surface area contributed by atoms with Crippen molar-refractivity contribution in [3.05, 3.63) is 79.0 Å². The zero-order valence-corrected chi connectivity index (χ0v) is 20.5. The van der Waals surface area contributed by atoms with E-state index in [1.54, 1.807) is 11.1 Å². The van der Waals surface area contributed by atoms with Gasteiger partial charge in [-0.25, -0.2) is 10.4 Å². The van der Waals surface area contributed by atoms with Crippen LogP contribution in [0.1, 0.15) is 0 Å². The van der Waals surface area contributed by atoms with Gasteiger partial charge in [-0.05, 0) is 48.2 Å². The summed E-state index contributed by atoms with van der Waals surface area (Å²) in [7, 11) is 0. The number of rotatable bonds is 7. The summed E-state index contributed by atoms with van der Waals surface area (Å²) in [6.45, 7) is 3.95. The van der Waals surface area contributed by atoms with E-state index in [-0.39, 0.29) is 24.1 Å². The second-order valence-corrected chi connectivity index (χ2v) is 9.42. The van der Waals surface area contributed by atoms with Gasteiger partial charge in [0.1, 0.15) is 5.82 Å². The van der Waals surface area contributed by atoms with Crippen molar-refractivity contribution in [1.29, 1.82) is 0 Å². The molecule has 2 aromatic carbocycles. The third-order valence-electron chi connectivity index (χ3n) is 5.99. The number of amidine groups is 1. The van der Waals surface area contributed by atoms with Gasteiger partial charge in [-0.3, -0.25) is 9.59 Å². The molecule has 0 bridgehead atoms. The van der Waals surface area contributed by atoms with Gasteiger partial charge in [-0.2, -0.15) is 0 Å². The van der Waals surface area contributed by atoms with Crippen LogP contribution < -0.4 is 25.4 Å². The highest BCUT2D eigenvalue weighted by Crippen LogP contribution is 2.26. The first-order valence-corrected chi connectivity index (χ1v) is 12.6. The van der Waals surface area contributed by atoms with Gasteiger partial charge in [0, 0.05) is 37.6 Å². The van der Waals surface area contributed by atoms with Gasteiger partial charge in [-0.1, -0.05) is 36.4 Å². The zero-order chi connectivity index (χ0) is 24.7. The minimum atomic E-state index is -0.309. The van der Waals surface area contributed by atoms with Crippen LogP contribution in [0, 0.1) is 0 Å². The molecule has 2 fully saturated rings. The molecule has 0 saturated carbocycles. The third-order valence-corrected chi connectivity index (χ3v) is 6.84. The lowest BCUT2D eigenvalue weighted by atomic mass is 10.2. The maximum atomic E-state index is 12.3. The Kier molecular flexibility index (Phi) is 7.32. The molecule has 184 valence electrons. The molecule has 9 nitrogen and oxygen atoms in total. The molecule has 0 radical (unpaired) electrons. The summed E-state index contributed by atoms with van der Waals surface area (Å²) in [4.78, 5) is 35.3. The highest BCUT2D eigenvalue weighted by molar-refractivity contribution is 8.27. The van der Waals surface area contributed by atoms with E-state index in [9.17, 15) is 9.59 Å². The van der Waals surface area contributed by atoms with Crippen molar-refractivity contribution in [2.45, 2.75) is 0 Å². The molecule has 2 aliphatic heterocycles. The Hall–Kier alpha value is -4.05. The van der Waals surface area contributed by atoms with Crippen molar-refractivity contribution >= 4 is 50.8 Å². The van der Waals surface area contributed by atoms with E-state index in [2.05, 4.69) is 54.9 Å². The summed E-state index contributed by atoms with van der Waals surface area (Å²) < 4.78 is 0. The number of thioether (sulfide) groups is 1. The van der Waals surface area contributed by atoms with Gasteiger partial charge >= 0.3 is 0 Å². The van der Waals surface area contributed by atoms with Gasteiger partial charge in [0.2, 0.25) is 5.12 Å². The molecule has 36 heavy (non-hydrogen) atoms. The molecule has 2 saturated heterocycles. The molecule has 0 aliphatic carbocycles. The summed E-state index contributed by atoms with van der Waals surface area (Å²) in [6, 6.07) is 23.8. The summed E-state index contributed by atoms with van der Waals surface area (Å²) in [5.74, 6) is 0.615. The second-order valence-electron chi connectivity index (χ2n) is 8.39. The van der Waals surface area contributed by atoms with Gasteiger partial charge in [0.15, 0.2) is 5.17 Å². The van der Waals surface area contributed by atoms with Gasteiger partial charge in [-0.15, -0.1) is 5.10 Å². The molecule has 0 spiro atoms. The predicted molar refractivity (Wildman–Crippen MR) is 146 cm³/mol. The molecule has 1 amide bonds. The first kappa shape index (κ1) is 23.7. The molecule has 1 aromatic heterocycles. The lowest BCUT2D eigenvalue weighted by molar-refractivity contribution is -0.119. The highest BCUT2D eigenvalue weighted by atomic mass is 32.2. The average Bonchev–Trinajstić information content (AvgIpc) is 3.32. The van der Waals surface area contributed by atoms with E-state index in [0.29, 0.717) is 5.17 Å². The Morgan fingerprint density at radius 3 is 2.22 bits per heavy atom. The number of piperazine rings is 1. The fraction of sp³-hybridized carbons (Fsp3) is 0.231. The standard InChI is InChI=1S/C26H27N7O2S/c34-24(29-30-26-33(19-25(35)36-26)22-9-5-2-6-10-22)18-27-20-11-12-23(28-17-20)32-15-13-31(14-16-32)21-7-3-1-4-8-21/h1-12,17,27H,13-16,18-19H2,(H,29,34). The Balaban J connectivity index is 1.10. The van der Waals surface area contributed by atoms with Gasteiger partial charge in [0.05, 0.1) is 25.0 Å². The summed E-state index contributed by atoms with van der Waals surface area (Å²) >= 11 is 1.02. The number of para-hydroxylation sites is 2. The average molecular weight is 502 g/mol. The van der Waals surface area contributed by atoms with Crippen molar-refractivity contribution in [2.24, 2.45) is 5.10 Å². The van der Waals surface area contributed by atoms with Crippen LogP contribution in [-0.2, 0) is 9.59 Å². The fourth-order valence-electron chi connectivity index (χ4n) is 4.12. The van der Waals surface area contributed by atoms with Crippen LogP contribution in [0.25, 0.3) is 0 Å². The van der Waals surface area contributed by atoms with E-state index < -0.39 is 0 Å². The first-order chi connectivity index (χ1) is 17.7. The lowest BCUT2D eigenvalue weighted by Gasteiger charge is -2.36. The molecule has 5 rings (SSSR count). The van der Waals surface area contributed by atoms with Crippen molar-refractivity contribution < 1.29 is 9.59 Å². The molecule has 0 unspecified atom stereocenters. The number of anilines is 4. The first-order valence-electron chi connectivity index (χ1n) is 11.8. The van der Waals surface area contributed by atoms with Crippen molar-refractivity contribution in [3.63, 3.8) is 0 Å². The molecule has 2 N–H and O–H groups in total. The number of amides is 1. The van der Waals surface area contributed by atoms with Gasteiger partial charge in [0.25, 0.3) is 5.91 Å². The summed E-state index contributed by atoms with van der Waals surface area (Å²) in [5, 5.41) is 7.68. The monoisotopic (exact) mass is 501 g/mol. The number of hydrogen-bond donors (Lipinski definition) is 2. The Morgan fingerprint density at radius 1 is 0.889 bits per heavy atom.